The highest BCUT2D eigenvalue weighted by Crippen LogP contribution is 2.28. The first-order valence-electron chi connectivity index (χ1n) is 6.25. The van der Waals surface area contributed by atoms with Crippen LogP contribution in [0, 0.1) is 6.92 Å². The molecular formula is C14H17BrN4. The Bertz CT molecular complexity index is 584. The van der Waals surface area contributed by atoms with E-state index in [4.69, 9.17) is 5.73 Å². The molecule has 0 aliphatic carbocycles. The Kier molecular flexibility index (Phi) is 4.37. The zero-order valence-electron chi connectivity index (χ0n) is 11.1. The fourth-order valence-electron chi connectivity index (χ4n) is 1.80. The molecule has 1 heterocycles. The third-order valence-corrected chi connectivity index (χ3v) is 3.77. The number of anilines is 3. The average Bonchev–Trinajstić information content (AvgIpc) is 2.35. The van der Waals surface area contributed by atoms with E-state index in [1.54, 1.807) is 6.07 Å². The molecule has 0 amide bonds. The van der Waals surface area contributed by atoms with Crippen molar-refractivity contribution >= 4 is 33.3 Å². The van der Waals surface area contributed by atoms with Gasteiger partial charge in [-0.2, -0.15) is 0 Å². The van der Waals surface area contributed by atoms with Gasteiger partial charge in [0.05, 0.1) is 5.69 Å². The van der Waals surface area contributed by atoms with Crippen molar-refractivity contribution in [3.63, 3.8) is 0 Å². The van der Waals surface area contributed by atoms with Crippen LogP contribution in [-0.2, 0) is 6.42 Å². The molecule has 0 aliphatic heterocycles. The van der Waals surface area contributed by atoms with E-state index in [0.29, 0.717) is 5.82 Å². The second kappa shape index (κ2) is 6.02. The molecule has 19 heavy (non-hydrogen) atoms. The summed E-state index contributed by atoms with van der Waals surface area (Å²) in [6.45, 7) is 4.14. The lowest BCUT2D eigenvalue weighted by Gasteiger charge is -2.11. The van der Waals surface area contributed by atoms with Gasteiger partial charge in [-0.15, -0.1) is 0 Å². The van der Waals surface area contributed by atoms with E-state index in [9.17, 15) is 0 Å². The molecule has 0 atom stereocenters. The number of nitrogen functional groups attached to an aromatic ring is 1. The quantitative estimate of drug-likeness (QED) is 0.898. The van der Waals surface area contributed by atoms with Crippen molar-refractivity contribution in [3.05, 3.63) is 40.1 Å². The Hall–Kier alpha value is -1.62. The fourth-order valence-corrected chi connectivity index (χ4v) is 2.16. The van der Waals surface area contributed by atoms with Crippen molar-refractivity contribution in [3.8, 4) is 0 Å². The lowest BCUT2D eigenvalue weighted by molar-refractivity contribution is 0.839. The summed E-state index contributed by atoms with van der Waals surface area (Å²) in [5, 5.41) is 3.27. The van der Waals surface area contributed by atoms with Gasteiger partial charge in [0.25, 0.3) is 0 Å². The maximum Gasteiger partial charge on any atom is 0.136 e. The van der Waals surface area contributed by atoms with Crippen molar-refractivity contribution < 1.29 is 0 Å². The van der Waals surface area contributed by atoms with E-state index >= 15 is 0 Å². The Morgan fingerprint density at radius 3 is 2.84 bits per heavy atom. The van der Waals surface area contributed by atoms with Gasteiger partial charge in [0.1, 0.15) is 17.5 Å². The van der Waals surface area contributed by atoms with Crippen LogP contribution in [0.3, 0.4) is 0 Å². The summed E-state index contributed by atoms with van der Waals surface area (Å²) in [7, 11) is 0. The van der Waals surface area contributed by atoms with Crippen LogP contribution in [0.4, 0.5) is 17.3 Å². The minimum atomic E-state index is 0.490. The first-order chi connectivity index (χ1) is 9.10. The summed E-state index contributed by atoms with van der Waals surface area (Å²) in [5.41, 5.74) is 7.95. The number of hydrogen-bond acceptors (Lipinski definition) is 4. The van der Waals surface area contributed by atoms with Gasteiger partial charge in [-0.25, -0.2) is 9.97 Å². The van der Waals surface area contributed by atoms with Crippen LogP contribution in [0.15, 0.2) is 28.7 Å². The van der Waals surface area contributed by atoms with E-state index in [1.165, 1.54) is 5.56 Å². The molecule has 0 aliphatic rings. The third kappa shape index (κ3) is 3.44. The molecular weight excluding hydrogens is 304 g/mol. The van der Waals surface area contributed by atoms with E-state index in [2.05, 4.69) is 38.1 Å². The number of aromatic nitrogens is 2. The molecule has 0 saturated carbocycles. The Balaban J connectivity index is 2.30. The summed E-state index contributed by atoms with van der Waals surface area (Å²) in [6.07, 6.45) is 1.83. The van der Waals surface area contributed by atoms with Crippen molar-refractivity contribution in [2.75, 3.05) is 11.1 Å². The van der Waals surface area contributed by atoms with Crippen LogP contribution < -0.4 is 11.1 Å². The van der Waals surface area contributed by atoms with E-state index < -0.39 is 0 Å². The van der Waals surface area contributed by atoms with E-state index in [-0.39, 0.29) is 0 Å². The van der Waals surface area contributed by atoms with Crippen LogP contribution in [0.25, 0.3) is 0 Å². The molecule has 0 bridgehead atoms. The summed E-state index contributed by atoms with van der Waals surface area (Å²) in [4.78, 5) is 8.69. The highest BCUT2D eigenvalue weighted by Gasteiger charge is 2.06. The largest absolute Gasteiger partial charge is 0.384 e. The molecule has 100 valence electrons. The lowest BCUT2D eigenvalue weighted by atomic mass is 10.2. The molecule has 0 unspecified atom stereocenters. The number of nitrogens with one attached hydrogen (secondary N) is 1. The van der Waals surface area contributed by atoms with Gasteiger partial charge in [0.2, 0.25) is 0 Å². The molecule has 5 heteroatoms. The number of aryl methyl sites for hydroxylation is 2. The number of nitrogens with zero attached hydrogens (tertiary/aromatic N) is 2. The topological polar surface area (TPSA) is 63.8 Å². The number of nitrogens with two attached hydrogens (primary N) is 1. The first kappa shape index (κ1) is 13.8. The predicted octanol–water partition coefficient (Wildman–Crippen LogP) is 3.83. The Morgan fingerprint density at radius 1 is 1.32 bits per heavy atom. The van der Waals surface area contributed by atoms with Gasteiger partial charge in [-0.3, -0.25) is 0 Å². The van der Waals surface area contributed by atoms with E-state index in [1.807, 2.05) is 25.1 Å². The van der Waals surface area contributed by atoms with Gasteiger partial charge in [-0.05, 0) is 40.9 Å². The van der Waals surface area contributed by atoms with Crippen LogP contribution >= 0.6 is 15.9 Å². The molecule has 2 rings (SSSR count). The summed E-state index contributed by atoms with van der Waals surface area (Å²) in [6, 6.07) is 7.79. The van der Waals surface area contributed by atoms with Gasteiger partial charge >= 0.3 is 0 Å². The summed E-state index contributed by atoms with van der Waals surface area (Å²) < 4.78 is 1.03. The van der Waals surface area contributed by atoms with Crippen LogP contribution in [0.2, 0.25) is 0 Å². The first-order valence-corrected chi connectivity index (χ1v) is 7.05. The van der Waals surface area contributed by atoms with Gasteiger partial charge in [-0.1, -0.05) is 19.1 Å². The minimum Gasteiger partial charge on any atom is -0.384 e. The molecule has 0 radical (unpaired) electrons. The monoisotopic (exact) mass is 320 g/mol. The molecule has 1 aromatic carbocycles. The lowest BCUT2D eigenvalue weighted by Crippen LogP contribution is -2.03. The van der Waals surface area contributed by atoms with Crippen molar-refractivity contribution in [2.45, 2.75) is 26.7 Å². The second-order valence-electron chi connectivity index (χ2n) is 4.41. The smallest absolute Gasteiger partial charge is 0.136 e. The van der Waals surface area contributed by atoms with Crippen LogP contribution in [0.5, 0.6) is 0 Å². The molecule has 2 aromatic rings. The zero-order valence-corrected chi connectivity index (χ0v) is 12.7. The third-order valence-electron chi connectivity index (χ3n) is 2.72. The molecule has 0 spiro atoms. The Morgan fingerprint density at radius 2 is 2.11 bits per heavy atom. The zero-order chi connectivity index (χ0) is 13.8. The standard InChI is InChI=1S/C14H17BrN4/c1-3-5-12-18-11(16)8-13(19-12)17-10-7-4-6-9(2)14(10)15/h4,6-8H,3,5H2,1-2H3,(H3,16,17,18,19). The minimum absolute atomic E-state index is 0.490. The molecule has 1 aromatic heterocycles. The number of rotatable bonds is 4. The van der Waals surface area contributed by atoms with E-state index in [0.717, 1.165) is 34.6 Å². The van der Waals surface area contributed by atoms with Gasteiger partial charge < -0.3 is 11.1 Å². The predicted molar refractivity (Wildman–Crippen MR) is 82.6 cm³/mol. The maximum absolute atomic E-state index is 5.81. The Labute approximate surface area is 121 Å². The van der Waals surface area contributed by atoms with Crippen molar-refractivity contribution in [1.82, 2.24) is 9.97 Å². The second-order valence-corrected chi connectivity index (χ2v) is 5.20. The summed E-state index contributed by atoms with van der Waals surface area (Å²) in [5.74, 6) is 1.99. The number of hydrogen-bond donors (Lipinski definition) is 2. The van der Waals surface area contributed by atoms with Gasteiger partial charge in [0.15, 0.2) is 0 Å². The van der Waals surface area contributed by atoms with Crippen LogP contribution in [0.1, 0.15) is 24.7 Å². The fraction of sp³-hybridized carbons (Fsp3) is 0.286. The van der Waals surface area contributed by atoms with Crippen molar-refractivity contribution in [1.29, 1.82) is 0 Å². The molecule has 0 saturated heterocycles. The molecule has 3 N–H and O–H groups in total. The van der Waals surface area contributed by atoms with Gasteiger partial charge in [0, 0.05) is 17.0 Å². The molecule has 4 nitrogen and oxygen atoms in total. The average molecular weight is 321 g/mol. The number of benzene rings is 1. The molecule has 0 fully saturated rings. The summed E-state index contributed by atoms with van der Waals surface area (Å²) >= 11 is 3.57. The number of halogens is 1. The maximum atomic E-state index is 5.81. The van der Waals surface area contributed by atoms with Crippen molar-refractivity contribution in [2.24, 2.45) is 0 Å². The highest BCUT2D eigenvalue weighted by atomic mass is 79.9. The highest BCUT2D eigenvalue weighted by molar-refractivity contribution is 9.10. The normalized spacial score (nSPS) is 10.5. The SMILES string of the molecule is CCCc1nc(N)cc(Nc2cccc(C)c2Br)n1. The van der Waals surface area contributed by atoms with Crippen LogP contribution in [-0.4, -0.2) is 9.97 Å².